The molecule has 2 heterocycles. The van der Waals surface area contributed by atoms with Crippen molar-refractivity contribution >= 4 is 5.91 Å². The van der Waals surface area contributed by atoms with E-state index in [-0.39, 0.29) is 31.5 Å². The van der Waals surface area contributed by atoms with Crippen LogP contribution in [-0.2, 0) is 11.3 Å². The number of halogens is 1. The molecule has 1 aliphatic carbocycles. The number of nitrogens with zero attached hydrogens (tertiary/aromatic N) is 5. The first-order valence-electron chi connectivity index (χ1n) is 8.04. The Morgan fingerprint density at radius 3 is 3.04 bits per heavy atom. The zero-order valence-corrected chi connectivity index (χ0v) is 12.9. The van der Waals surface area contributed by atoms with Crippen molar-refractivity contribution in [3.8, 4) is 6.07 Å². The highest BCUT2D eigenvalue weighted by molar-refractivity contribution is 5.79. The third-order valence-electron chi connectivity index (χ3n) is 4.71. The van der Waals surface area contributed by atoms with Crippen molar-refractivity contribution in [2.24, 2.45) is 5.92 Å². The van der Waals surface area contributed by atoms with Gasteiger partial charge in [0, 0.05) is 19.0 Å². The summed E-state index contributed by atoms with van der Waals surface area (Å²) in [5.41, 5.74) is 0. The van der Waals surface area contributed by atoms with Gasteiger partial charge < -0.3 is 10.2 Å². The molecule has 0 radical (unpaired) electrons. The van der Waals surface area contributed by atoms with Crippen LogP contribution >= 0.6 is 0 Å². The van der Waals surface area contributed by atoms with Crippen LogP contribution in [-0.4, -0.2) is 56.9 Å². The van der Waals surface area contributed by atoms with Crippen molar-refractivity contribution < 1.29 is 9.18 Å². The van der Waals surface area contributed by atoms with Crippen molar-refractivity contribution in [1.29, 1.82) is 5.26 Å². The van der Waals surface area contributed by atoms with Crippen molar-refractivity contribution in [3.05, 3.63) is 12.7 Å². The predicted octanol–water partition coefficient (Wildman–Crippen LogP) is 0.499. The standard InChI is InChI=1S/C15H21FN6O/c16-12-4-14(5-17)22(8-12)15(23)6-19-13-2-1-11(3-13)7-21-10-18-9-20-21/h9-14,19H,1-4,6-8H2/t11-,12-,13+,14-/m0/s1. The van der Waals surface area contributed by atoms with Crippen LogP contribution < -0.4 is 5.32 Å². The number of hydrogen-bond donors (Lipinski definition) is 1. The number of nitrogens with one attached hydrogen (secondary N) is 1. The van der Waals surface area contributed by atoms with E-state index < -0.39 is 12.2 Å². The van der Waals surface area contributed by atoms with Gasteiger partial charge in [-0.15, -0.1) is 0 Å². The lowest BCUT2D eigenvalue weighted by atomic mass is 10.1. The number of rotatable bonds is 5. The number of aromatic nitrogens is 3. The van der Waals surface area contributed by atoms with Crippen LogP contribution in [0.4, 0.5) is 4.39 Å². The van der Waals surface area contributed by atoms with Gasteiger partial charge in [0.25, 0.3) is 0 Å². The molecule has 7 nitrogen and oxygen atoms in total. The second-order valence-corrected chi connectivity index (χ2v) is 6.40. The first-order chi connectivity index (χ1) is 11.2. The smallest absolute Gasteiger partial charge is 0.237 e. The van der Waals surface area contributed by atoms with E-state index in [9.17, 15) is 9.18 Å². The third-order valence-corrected chi connectivity index (χ3v) is 4.71. The second kappa shape index (κ2) is 7.04. The Bertz CT molecular complexity index is 571. The van der Waals surface area contributed by atoms with E-state index in [4.69, 9.17) is 5.26 Å². The van der Waals surface area contributed by atoms with Gasteiger partial charge in [-0.3, -0.25) is 9.48 Å². The molecule has 0 unspecified atom stereocenters. The summed E-state index contributed by atoms with van der Waals surface area (Å²) in [6, 6.07) is 1.67. The highest BCUT2D eigenvalue weighted by Gasteiger charge is 2.35. The molecule has 2 fully saturated rings. The minimum absolute atomic E-state index is 0.0400. The summed E-state index contributed by atoms with van der Waals surface area (Å²) in [5.74, 6) is 0.342. The van der Waals surface area contributed by atoms with Crippen molar-refractivity contribution in [3.63, 3.8) is 0 Å². The fraction of sp³-hybridized carbons (Fsp3) is 0.733. The van der Waals surface area contributed by atoms with E-state index >= 15 is 0 Å². The lowest BCUT2D eigenvalue weighted by molar-refractivity contribution is -0.130. The summed E-state index contributed by atoms with van der Waals surface area (Å²) in [5, 5.41) is 16.4. The van der Waals surface area contributed by atoms with Crippen molar-refractivity contribution in [2.45, 2.75) is 50.5 Å². The number of amides is 1. The van der Waals surface area contributed by atoms with Gasteiger partial charge in [0.2, 0.25) is 5.91 Å². The molecule has 23 heavy (non-hydrogen) atoms. The van der Waals surface area contributed by atoms with Gasteiger partial charge in [0.05, 0.1) is 19.2 Å². The molecule has 1 saturated carbocycles. The molecule has 3 rings (SSSR count). The summed E-state index contributed by atoms with van der Waals surface area (Å²) in [7, 11) is 0. The van der Waals surface area contributed by atoms with Crippen LogP contribution in [0.5, 0.6) is 0 Å². The lowest BCUT2D eigenvalue weighted by Crippen LogP contribution is -2.43. The largest absolute Gasteiger partial charge is 0.323 e. The lowest BCUT2D eigenvalue weighted by Gasteiger charge is -2.21. The van der Waals surface area contributed by atoms with Crippen LogP contribution in [0.1, 0.15) is 25.7 Å². The van der Waals surface area contributed by atoms with Gasteiger partial charge in [-0.1, -0.05) is 0 Å². The summed E-state index contributed by atoms with van der Waals surface area (Å²) in [4.78, 5) is 17.5. The summed E-state index contributed by atoms with van der Waals surface area (Å²) < 4.78 is 15.2. The maximum Gasteiger partial charge on any atom is 0.237 e. The Morgan fingerprint density at radius 1 is 1.43 bits per heavy atom. The SMILES string of the molecule is N#C[C@@H]1C[C@H](F)CN1C(=O)CN[C@@H]1CC[C@H](Cn2cncn2)C1. The first-order valence-corrected chi connectivity index (χ1v) is 8.04. The van der Waals surface area contributed by atoms with Gasteiger partial charge in [0.15, 0.2) is 0 Å². The number of likely N-dealkylation sites (tertiary alicyclic amines) is 1. The molecule has 1 amide bonds. The summed E-state index contributed by atoms with van der Waals surface area (Å²) in [6.45, 7) is 1.06. The van der Waals surface area contributed by atoms with Crippen LogP contribution in [0.15, 0.2) is 12.7 Å². The zero-order chi connectivity index (χ0) is 16.2. The van der Waals surface area contributed by atoms with Crippen molar-refractivity contribution in [2.75, 3.05) is 13.1 Å². The molecule has 124 valence electrons. The van der Waals surface area contributed by atoms with Crippen molar-refractivity contribution in [1.82, 2.24) is 25.0 Å². The Morgan fingerprint density at radius 2 is 2.30 bits per heavy atom. The molecule has 1 N–H and O–H groups in total. The first kappa shape index (κ1) is 15.9. The minimum Gasteiger partial charge on any atom is -0.323 e. The molecule has 2 aliphatic rings. The summed E-state index contributed by atoms with van der Waals surface area (Å²) in [6.07, 6.45) is 5.38. The topological polar surface area (TPSA) is 86.8 Å². The van der Waals surface area contributed by atoms with Gasteiger partial charge in [-0.05, 0) is 25.2 Å². The van der Waals surface area contributed by atoms with E-state index in [1.54, 1.807) is 6.33 Å². The molecule has 1 saturated heterocycles. The average molecular weight is 320 g/mol. The van der Waals surface area contributed by atoms with Crippen LogP contribution in [0.3, 0.4) is 0 Å². The number of alkyl halides is 1. The molecule has 1 aromatic heterocycles. The Hall–Kier alpha value is -2.01. The fourth-order valence-electron chi connectivity index (χ4n) is 3.53. The Kier molecular flexibility index (Phi) is 4.86. The number of hydrogen-bond acceptors (Lipinski definition) is 5. The van der Waals surface area contributed by atoms with Gasteiger partial charge in [-0.25, -0.2) is 9.37 Å². The average Bonchev–Trinajstić information content (AvgIpc) is 3.26. The highest BCUT2D eigenvalue weighted by atomic mass is 19.1. The van der Waals surface area contributed by atoms with Gasteiger partial charge in [-0.2, -0.15) is 10.4 Å². The predicted molar refractivity (Wildman–Crippen MR) is 79.8 cm³/mol. The van der Waals surface area contributed by atoms with Crippen LogP contribution in [0, 0.1) is 17.2 Å². The van der Waals surface area contributed by atoms with E-state index in [2.05, 4.69) is 15.4 Å². The van der Waals surface area contributed by atoms with Crippen LogP contribution in [0.2, 0.25) is 0 Å². The normalized spacial score (nSPS) is 30.5. The quantitative estimate of drug-likeness (QED) is 0.853. The van der Waals surface area contributed by atoms with Gasteiger partial charge >= 0.3 is 0 Å². The molecule has 0 spiro atoms. The zero-order valence-electron chi connectivity index (χ0n) is 12.9. The maximum atomic E-state index is 13.4. The number of carbonyl (C=O) groups is 1. The van der Waals surface area contributed by atoms with E-state index in [1.165, 1.54) is 11.2 Å². The molecule has 1 aliphatic heterocycles. The Balaban J connectivity index is 1.42. The third kappa shape index (κ3) is 3.85. The van der Waals surface area contributed by atoms with E-state index in [0.717, 1.165) is 25.8 Å². The monoisotopic (exact) mass is 320 g/mol. The van der Waals surface area contributed by atoms with Crippen LogP contribution in [0.25, 0.3) is 0 Å². The maximum absolute atomic E-state index is 13.4. The Labute approximate surface area is 134 Å². The molecule has 0 bridgehead atoms. The molecular formula is C15H21FN6O. The highest BCUT2D eigenvalue weighted by Crippen LogP contribution is 2.27. The van der Waals surface area contributed by atoms with E-state index in [1.807, 2.05) is 10.8 Å². The number of nitriles is 1. The molecule has 0 aromatic carbocycles. The van der Waals surface area contributed by atoms with Gasteiger partial charge in [0.1, 0.15) is 24.9 Å². The summed E-state index contributed by atoms with van der Waals surface area (Å²) >= 11 is 0. The molecule has 1 aromatic rings. The second-order valence-electron chi connectivity index (χ2n) is 6.40. The molecule has 4 atom stereocenters. The number of carbonyl (C=O) groups excluding carboxylic acids is 1. The molecule has 8 heteroatoms. The van der Waals surface area contributed by atoms with E-state index in [0.29, 0.717) is 5.92 Å². The minimum atomic E-state index is -1.08. The molecular weight excluding hydrogens is 299 g/mol. The fourth-order valence-corrected chi connectivity index (χ4v) is 3.53.